The van der Waals surface area contributed by atoms with Gasteiger partial charge in [-0.25, -0.2) is 4.98 Å². The number of hydrogen-bond acceptors (Lipinski definition) is 5. The fourth-order valence-corrected chi connectivity index (χ4v) is 4.46. The molecule has 7 nitrogen and oxygen atoms in total. The molecule has 0 bridgehead atoms. The number of amides is 1. The molecule has 0 fully saturated rings. The number of anilines is 1. The smallest absolute Gasteiger partial charge is 0.224 e. The first-order valence-electron chi connectivity index (χ1n) is 11.5. The van der Waals surface area contributed by atoms with Crippen LogP contribution in [0.4, 0.5) is 11.4 Å². The van der Waals surface area contributed by atoms with Gasteiger partial charge in [0.25, 0.3) is 0 Å². The lowest BCUT2D eigenvalue weighted by molar-refractivity contribution is -0.115. The number of benzene rings is 1. The van der Waals surface area contributed by atoms with Gasteiger partial charge in [0, 0.05) is 71.5 Å². The molecule has 0 aliphatic carbocycles. The number of aliphatic imine (C=N–C) groups is 1. The topological polar surface area (TPSA) is 95.9 Å². The Balaban J connectivity index is 1.39. The molecular formula is C28H22N6O. The van der Waals surface area contributed by atoms with Gasteiger partial charge in [-0.3, -0.25) is 19.8 Å². The monoisotopic (exact) mass is 458 g/mol. The molecule has 1 amide bonds. The number of nitrogens with zero attached hydrogens (tertiary/aromatic N) is 4. The van der Waals surface area contributed by atoms with E-state index >= 15 is 0 Å². The van der Waals surface area contributed by atoms with Gasteiger partial charge in [-0.15, -0.1) is 0 Å². The molecule has 1 aliphatic heterocycles. The van der Waals surface area contributed by atoms with Crippen LogP contribution in [0, 0.1) is 0 Å². The number of aromatic amines is 1. The largest absolute Gasteiger partial charge is 0.345 e. The highest BCUT2D eigenvalue weighted by Gasteiger charge is 2.22. The van der Waals surface area contributed by atoms with E-state index in [1.165, 1.54) is 5.56 Å². The molecule has 6 rings (SSSR count). The van der Waals surface area contributed by atoms with Gasteiger partial charge in [-0.2, -0.15) is 0 Å². The quantitative estimate of drug-likeness (QED) is 0.352. The van der Waals surface area contributed by atoms with Crippen molar-refractivity contribution in [2.45, 2.75) is 19.8 Å². The molecule has 0 saturated heterocycles. The van der Waals surface area contributed by atoms with Crippen LogP contribution in [0.25, 0.3) is 33.3 Å². The number of aromatic nitrogens is 4. The molecule has 2 N–H and O–H groups in total. The average molecular weight is 459 g/mol. The molecule has 0 spiro atoms. The van der Waals surface area contributed by atoms with Crippen LogP contribution < -0.4 is 5.32 Å². The number of nitrogens with one attached hydrogen (secondary N) is 2. The molecule has 0 unspecified atom stereocenters. The zero-order valence-corrected chi connectivity index (χ0v) is 19.1. The summed E-state index contributed by atoms with van der Waals surface area (Å²) >= 11 is 0. The normalized spacial score (nSPS) is 12.4. The number of H-pyrrole nitrogens is 1. The molecule has 1 aromatic carbocycles. The number of para-hydroxylation sites is 1. The van der Waals surface area contributed by atoms with Crippen molar-refractivity contribution in [2.75, 3.05) is 5.32 Å². The summed E-state index contributed by atoms with van der Waals surface area (Å²) in [4.78, 5) is 33.2. The first-order chi connectivity index (χ1) is 17.2. The van der Waals surface area contributed by atoms with Gasteiger partial charge in [0.05, 0.1) is 23.3 Å². The standard InChI is InChI=1S/C28H22N6O/c1-2-26(35)33-21-10-19(13-30-15-21)20-11-23-24(16-32-28(23)31-14-20)25-12-18-4-3-5-22(27(18)34-25)17-6-8-29-9-7-17/h3-11,13-16H,2,12H2,1H3,(H,31,32)(H,33,35). The first kappa shape index (κ1) is 20.9. The molecule has 1 aliphatic rings. The number of carbonyl (C=O) groups excluding carboxylic acids is 1. The van der Waals surface area contributed by atoms with E-state index in [0.717, 1.165) is 56.7 Å². The Morgan fingerprint density at radius 1 is 0.971 bits per heavy atom. The average Bonchev–Trinajstić information content (AvgIpc) is 3.53. The van der Waals surface area contributed by atoms with E-state index in [0.29, 0.717) is 12.1 Å². The Kier molecular flexibility index (Phi) is 5.15. The molecule has 0 saturated carbocycles. The molecule has 0 radical (unpaired) electrons. The first-order valence-corrected chi connectivity index (χ1v) is 11.5. The molecule has 4 aromatic heterocycles. The summed E-state index contributed by atoms with van der Waals surface area (Å²) in [6, 6.07) is 14.4. The van der Waals surface area contributed by atoms with E-state index in [4.69, 9.17) is 4.99 Å². The number of fused-ring (bicyclic) bond motifs is 2. The number of carbonyl (C=O) groups is 1. The van der Waals surface area contributed by atoms with Crippen molar-refractivity contribution < 1.29 is 4.79 Å². The molecule has 35 heavy (non-hydrogen) atoms. The van der Waals surface area contributed by atoms with E-state index in [2.05, 4.69) is 49.5 Å². The Bertz CT molecular complexity index is 1600. The SMILES string of the molecule is CCC(=O)Nc1cncc(-c2cnc3[nH]cc(C4=Nc5c(cccc5-c5ccncc5)C4)c3c2)c1. The Labute approximate surface area is 202 Å². The van der Waals surface area contributed by atoms with Crippen LogP contribution in [0.2, 0.25) is 0 Å². The number of pyridine rings is 3. The lowest BCUT2D eigenvalue weighted by atomic mass is 9.99. The third kappa shape index (κ3) is 3.87. The third-order valence-electron chi connectivity index (χ3n) is 6.23. The zero-order chi connectivity index (χ0) is 23.8. The summed E-state index contributed by atoms with van der Waals surface area (Å²) in [5.41, 5.74) is 9.76. The number of rotatable bonds is 5. The maximum absolute atomic E-state index is 11.8. The summed E-state index contributed by atoms with van der Waals surface area (Å²) in [5.74, 6) is -0.0459. The Morgan fingerprint density at radius 2 is 1.83 bits per heavy atom. The van der Waals surface area contributed by atoms with Crippen LogP contribution in [0.15, 0.2) is 84.6 Å². The van der Waals surface area contributed by atoms with Gasteiger partial charge < -0.3 is 10.3 Å². The molecule has 170 valence electrons. The maximum Gasteiger partial charge on any atom is 0.224 e. The van der Waals surface area contributed by atoms with Crippen molar-refractivity contribution in [3.8, 4) is 22.3 Å². The van der Waals surface area contributed by atoms with Crippen LogP contribution in [0.1, 0.15) is 24.5 Å². The van der Waals surface area contributed by atoms with Crippen LogP contribution in [0.5, 0.6) is 0 Å². The molecule has 5 aromatic rings. The molecule has 7 heteroatoms. The summed E-state index contributed by atoms with van der Waals surface area (Å²) in [6.07, 6.45) is 12.0. The summed E-state index contributed by atoms with van der Waals surface area (Å²) < 4.78 is 0. The van der Waals surface area contributed by atoms with Crippen molar-refractivity contribution in [2.24, 2.45) is 4.99 Å². The van der Waals surface area contributed by atoms with E-state index in [9.17, 15) is 4.79 Å². The van der Waals surface area contributed by atoms with Crippen LogP contribution in [-0.4, -0.2) is 31.6 Å². The predicted octanol–water partition coefficient (Wildman–Crippen LogP) is 5.71. The van der Waals surface area contributed by atoms with Gasteiger partial charge in [-0.05, 0) is 35.4 Å². The minimum atomic E-state index is -0.0459. The van der Waals surface area contributed by atoms with Crippen molar-refractivity contribution in [1.29, 1.82) is 0 Å². The highest BCUT2D eigenvalue weighted by atomic mass is 16.1. The fourth-order valence-electron chi connectivity index (χ4n) is 4.46. The maximum atomic E-state index is 11.8. The van der Waals surface area contributed by atoms with Gasteiger partial charge in [0.15, 0.2) is 0 Å². The second-order valence-corrected chi connectivity index (χ2v) is 8.47. The van der Waals surface area contributed by atoms with Crippen molar-refractivity contribution in [1.82, 2.24) is 19.9 Å². The van der Waals surface area contributed by atoms with E-state index < -0.39 is 0 Å². The van der Waals surface area contributed by atoms with Crippen molar-refractivity contribution in [3.63, 3.8) is 0 Å². The number of hydrogen-bond donors (Lipinski definition) is 2. The van der Waals surface area contributed by atoms with E-state index in [-0.39, 0.29) is 5.91 Å². The lowest BCUT2D eigenvalue weighted by Gasteiger charge is -2.07. The highest BCUT2D eigenvalue weighted by Crippen LogP contribution is 2.39. The highest BCUT2D eigenvalue weighted by molar-refractivity contribution is 6.15. The third-order valence-corrected chi connectivity index (χ3v) is 6.23. The van der Waals surface area contributed by atoms with Crippen LogP contribution >= 0.6 is 0 Å². The summed E-state index contributed by atoms with van der Waals surface area (Å²) in [6.45, 7) is 1.82. The van der Waals surface area contributed by atoms with Gasteiger partial charge >= 0.3 is 0 Å². The molecular weight excluding hydrogens is 436 g/mol. The van der Waals surface area contributed by atoms with Crippen molar-refractivity contribution >= 4 is 34.0 Å². The second-order valence-electron chi connectivity index (χ2n) is 8.47. The van der Waals surface area contributed by atoms with Crippen LogP contribution in [0.3, 0.4) is 0 Å². The van der Waals surface area contributed by atoms with E-state index in [1.807, 2.05) is 37.5 Å². The summed E-state index contributed by atoms with van der Waals surface area (Å²) in [7, 11) is 0. The zero-order valence-electron chi connectivity index (χ0n) is 19.1. The lowest BCUT2D eigenvalue weighted by Crippen LogP contribution is -2.09. The summed E-state index contributed by atoms with van der Waals surface area (Å²) in [5, 5.41) is 3.87. The second kappa shape index (κ2) is 8.61. The van der Waals surface area contributed by atoms with Crippen LogP contribution in [-0.2, 0) is 11.2 Å². The minimum Gasteiger partial charge on any atom is -0.345 e. The van der Waals surface area contributed by atoms with Gasteiger partial charge in [0.2, 0.25) is 5.91 Å². The van der Waals surface area contributed by atoms with E-state index in [1.54, 1.807) is 24.8 Å². The van der Waals surface area contributed by atoms with Gasteiger partial charge in [0.1, 0.15) is 5.65 Å². The molecule has 5 heterocycles. The van der Waals surface area contributed by atoms with Crippen molar-refractivity contribution in [3.05, 3.63) is 90.8 Å². The van der Waals surface area contributed by atoms with Gasteiger partial charge in [-0.1, -0.05) is 25.1 Å². The molecule has 0 atom stereocenters. The predicted molar refractivity (Wildman–Crippen MR) is 138 cm³/mol. The Hall–Kier alpha value is -4.65. The fraction of sp³-hybridized carbons (Fsp3) is 0.107. The minimum absolute atomic E-state index is 0.0459. The Morgan fingerprint density at radius 3 is 2.69 bits per heavy atom.